The van der Waals surface area contributed by atoms with E-state index >= 15 is 0 Å². The van der Waals surface area contributed by atoms with Gasteiger partial charge in [0, 0.05) is 23.3 Å². The summed E-state index contributed by atoms with van der Waals surface area (Å²) in [4.78, 5) is 31.8. The molecule has 0 radical (unpaired) electrons. The highest BCUT2D eigenvalue weighted by Crippen LogP contribution is 2.21. The lowest BCUT2D eigenvalue weighted by molar-refractivity contribution is -0.143. The standard InChI is InChI=1S/C20H21N3O3/c1-3-26-18(24)12-16(14-7-9-21-10-8-14)23-20(25)17-11-15-6-4-5-13(2)19(15)22-17/h4-11,16,22H,3,12H2,1-2H3,(H,23,25). The Kier molecular flexibility index (Phi) is 5.31. The van der Waals surface area contributed by atoms with Gasteiger partial charge in [-0.2, -0.15) is 0 Å². The van der Waals surface area contributed by atoms with E-state index in [1.54, 1.807) is 31.5 Å². The summed E-state index contributed by atoms with van der Waals surface area (Å²) in [5.41, 5.74) is 3.26. The predicted molar refractivity (Wildman–Crippen MR) is 98.7 cm³/mol. The molecule has 0 saturated heterocycles. The van der Waals surface area contributed by atoms with Crippen molar-refractivity contribution in [3.05, 3.63) is 65.6 Å². The van der Waals surface area contributed by atoms with Crippen LogP contribution in [0.15, 0.2) is 48.8 Å². The number of esters is 1. The molecule has 6 heteroatoms. The van der Waals surface area contributed by atoms with Gasteiger partial charge < -0.3 is 15.0 Å². The Bertz CT molecular complexity index is 918. The maximum Gasteiger partial charge on any atom is 0.308 e. The summed E-state index contributed by atoms with van der Waals surface area (Å²) in [5, 5.41) is 3.89. The Morgan fingerprint density at radius 3 is 2.69 bits per heavy atom. The first-order valence-electron chi connectivity index (χ1n) is 8.53. The Morgan fingerprint density at radius 1 is 1.23 bits per heavy atom. The number of H-pyrrole nitrogens is 1. The average molecular weight is 351 g/mol. The number of aromatic amines is 1. The summed E-state index contributed by atoms with van der Waals surface area (Å²) in [5.74, 6) is -0.631. The zero-order valence-corrected chi connectivity index (χ0v) is 14.8. The number of carbonyl (C=O) groups is 2. The Labute approximate surface area is 151 Å². The molecule has 1 unspecified atom stereocenters. The fourth-order valence-corrected chi connectivity index (χ4v) is 2.90. The monoisotopic (exact) mass is 351 g/mol. The SMILES string of the molecule is CCOC(=O)CC(NC(=O)c1cc2cccc(C)c2[nH]1)c1ccncc1. The molecule has 0 aliphatic heterocycles. The van der Waals surface area contributed by atoms with Crippen LogP contribution in [0.3, 0.4) is 0 Å². The summed E-state index contributed by atoms with van der Waals surface area (Å²) >= 11 is 0. The van der Waals surface area contributed by atoms with Gasteiger partial charge in [0.1, 0.15) is 5.69 Å². The molecule has 26 heavy (non-hydrogen) atoms. The molecule has 0 bridgehead atoms. The van der Waals surface area contributed by atoms with Crippen molar-refractivity contribution in [1.82, 2.24) is 15.3 Å². The highest BCUT2D eigenvalue weighted by Gasteiger charge is 2.21. The van der Waals surface area contributed by atoms with Gasteiger partial charge in [-0.05, 0) is 43.2 Å². The van der Waals surface area contributed by atoms with Gasteiger partial charge >= 0.3 is 5.97 Å². The number of benzene rings is 1. The molecule has 2 N–H and O–H groups in total. The number of aryl methyl sites for hydroxylation is 1. The molecule has 3 rings (SSSR count). The lowest BCUT2D eigenvalue weighted by Crippen LogP contribution is -2.31. The van der Waals surface area contributed by atoms with E-state index in [1.807, 2.05) is 31.2 Å². The van der Waals surface area contributed by atoms with Gasteiger partial charge in [-0.3, -0.25) is 14.6 Å². The zero-order valence-electron chi connectivity index (χ0n) is 14.8. The third kappa shape index (κ3) is 3.91. The third-order valence-corrected chi connectivity index (χ3v) is 4.20. The number of para-hydroxylation sites is 1. The van der Waals surface area contributed by atoms with Crippen molar-refractivity contribution in [2.45, 2.75) is 26.3 Å². The van der Waals surface area contributed by atoms with E-state index in [2.05, 4.69) is 15.3 Å². The topological polar surface area (TPSA) is 84.1 Å². The summed E-state index contributed by atoms with van der Waals surface area (Å²) in [7, 11) is 0. The lowest BCUT2D eigenvalue weighted by atomic mass is 10.1. The molecule has 0 spiro atoms. The molecule has 0 saturated carbocycles. The second kappa shape index (κ2) is 7.82. The summed E-state index contributed by atoms with van der Waals surface area (Å²) in [6.07, 6.45) is 3.32. The number of carbonyl (C=O) groups excluding carboxylic acids is 2. The van der Waals surface area contributed by atoms with Crippen molar-refractivity contribution in [2.75, 3.05) is 6.61 Å². The van der Waals surface area contributed by atoms with E-state index in [-0.39, 0.29) is 18.3 Å². The number of nitrogens with zero attached hydrogens (tertiary/aromatic N) is 1. The van der Waals surface area contributed by atoms with E-state index < -0.39 is 6.04 Å². The molecule has 1 aromatic carbocycles. The van der Waals surface area contributed by atoms with E-state index in [1.165, 1.54) is 0 Å². The quantitative estimate of drug-likeness (QED) is 0.668. The first-order valence-corrected chi connectivity index (χ1v) is 8.53. The summed E-state index contributed by atoms with van der Waals surface area (Å²) < 4.78 is 5.03. The van der Waals surface area contributed by atoms with Crippen LogP contribution in [0.25, 0.3) is 10.9 Å². The minimum atomic E-state index is -0.489. The Hall–Kier alpha value is -3.15. The summed E-state index contributed by atoms with van der Waals surface area (Å²) in [6.45, 7) is 4.04. The van der Waals surface area contributed by atoms with Crippen molar-refractivity contribution >= 4 is 22.8 Å². The maximum absolute atomic E-state index is 12.7. The highest BCUT2D eigenvalue weighted by atomic mass is 16.5. The first kappa shape index (κ1) is 17.7. The number of hydrogen-bond donors (Lipinski definition) is 2. The van der Waals surface area contributed by atoms with E-state index in [0.717, 1.165) is 22.0 Å². The number of hydrogen-bond acceptors (Lipinski definition) is 4. The van der Waals surface area contributed by atoms with E-state index in [0.29, 0.717) is 12.3 Å². The van der Waals surface area contributed by atoms with Crippen LogP contribution in [0, 0.1) is 6.92 Å². The molecule has 3 aromatic rings. The zero-order chi connectivity index (χ0) is 18.5. The molecule has 2 heterocycles. The van der Waals surface area contributed by atoms with Gasteiger partial charge in [0.05, 0.1) is 19.1 Å². The van der Waals surface area contributed by atoms with E-state index in [4.69, 9.17) is 4.74 Å². The molecular weight excluding hydrogens is 330 g/mol. The van der Waals surface area contributed by atoms with Crippen LogP contribution in [-0.2, 0) is 9.53 Å². The van der Waals surface area contributed by atoms with Crippen LogP contribution in [0.2, 0.25) is 0 Å². The molecular formula is C20H21N3O3. The molecule has 6 nitrogen and oxygen atoms in total. The van der Waals surface area contributed by atoms with Crippen molar-refractivity contribution in [2.24, 2.45) is 0 Å². The number of pyridine rings is 1. The first-order chi connectivity index (χ1) is 12.6. The lowest BCUT2D eigenvalue weighted by Gasteiger charge is -2.18. The maximum atomic E-state index is 12.7. The Balaban J connectivity index is 1.83. The van der Waals surface area contributed by atoms with Crippen molar-refractivity contribution in [1.29, 1.82) is 0 Å². The number of rotatable bonds is 6. The third-order valence-electron chi connectivity index (χ3n) is 4.20. The number of nitrogens with one attached hydrogen (secondary N) is 2. The molecule has 2 aromatic heterocycles. The molecule has 0 aliphatic carbocycles. The minimum Gasteiger partial charge on any atom is -0.466 e. The summed E-state index contributed by atoms with van der Waals surface area (Å²) in [6, 6.07) is 10.8. The average Bonchev–Trinajstić information content (AvgIpc) is 3.08. The second-order valence-corrected chi connectivity index (χ2v) is 6.04. The van der Waals surface area contributed by atoms with Crippen molar-refractivity contribution in [3.8, 4) is 0 Å². The number of fused-ring (bicyclic) bond motifs is 1. The van der Waals surface area contributed by atoms with Crippen LogP contribution in [-0.4, -0.2) is 28.5 Å². The van der Waals surface area contributed by atoms with Gasteiger partial charge in [0.15, 0.2) is 0 Å². The van der Waals surface area contributed by atoms with Gasteiger partial charge in [0.2, 0.25) is 0 Å². The smallest absolute Gasteiger partial charge is 0.308 e. The van der Waals surface area contributed by atoms with Crippen LogP contribution >= 0.6 is 0 Å². The van der Waals surface area contributed by atoms with Crippen molar-refractivity contribution in [3.63, 3.8) is 0 Å². The molecule has 134 valence electrons. The van der Waals surface area contributed by atoms with Crippen molar-refractivity contribution < 1.29 is 14.3 Å². The van der Waals surface area contributed by atoms with Crippen LogP contribution in [0.5, 0.6) is 0 Å². The highest BCUT2D eigenvalue weighted by molar-refractivity contribution is 5.99. The van der Waals surface area contributed by atoms with E-state index in [9.17, 15) is 9.59 Å². The van der Waals surface area contributed by atoms with Gasteiger partial charge in [-0.25, -0.2) is 0 Å². The number of ether oxygens (including phenoxy) is 1. The van der Waals surface area contributed by atoms with Gasteiger partial charge in [-0.1, -0.05) is 18.2 Å². The van der Waals surface area contributed by atoms with Crippen LogP contribution < -0.4 is 5.32 Å². The predicted octanol–water partition coefficient (Wildman–Crippen LogP) is 3.30. The van der Waals surface area contributed by atoms with Gasteiger partial charge in [-0.15, -0.1) is 0 Å². The molecule has 0 aliphatic rings. The van der Waals surface area contributed by atoms with Gasteiger partial charge in [0.25, 0.3) is 5.91 Å². The second-order valence-electron chi connectivity index (χ2n) is 6.04. The molecule has 0 fully saturated rings. The van der Waals surface area contributed by atoms with Crippen LogP contribution in [0.1, 0.15) is 41.0 Å². The fraction of sp³-hybridized carbons (Fsp3) is 0.250. The molecule has 1 atom stereocenters. The molecule has 1 amide bonds. The Morgan fingerprint density at radius 2 is 2.00 bits per heavy atom. The fourth-order valence-electron chi connectivity index (χ4n) is 2.90. The number of amides is 1. The minimum absolute atomic E-state index is 0.0584. The van der Waals surface area contributed by atoms with Crippen LogP contribution in [0.4, 0.5) is 0 Å². The number of aromatic nitrogens is 2. The normalized spacial score (nSPS) is 11.9. The largest absolute Gasteiger partial charge is 0.466 e.